The molecule has 20 heavy (non-hydrogen) atoms. The Morgan fingerprint density at radius 3 is 2.55 bits per heavy atom. The Bertz CT molecular complexity index is 541. The molecular formula is C14H21NO4S. The second-order valence-electron chi connectivity index (χ2n) is 5.39. The van der Waals surface area contributed by atoms with E-state index in [2.05, 4.69) is 5.32 Å². The van der Waals surface area contributed by atoms with Crippen molar-refractivity contribution in [3.8, 4) is 0 Å². The third-order valence-corrected chi connectivity index (χ3v) is 4.54. The molecule has 6 heteroatoms. The van der Waals surface area contributed by atoms with E-state index in [-0.39, 0.29) is 17.0 Å². The number of aliphatic hydroxyl groups is 1. The average Bonchev–Trinajstić information content (AvgIpc) is 2.38. The van der Waals surface area contributed by atoms with Crippen molar-refractivity contribution >= 4 is 9.84 Å². The van der Waals surface area contributed by atoms with E-state index in [1.807, 2.05) is 6.92 Å². The molecule has 0 radical (unpaired) electrons. The number of aliphatic hydroxyl groups excluding tert-OH is 1. The second-order valence-corrected chi connectivity index (χ2v) is 7.41. The molecule has 0 aromatic heterocycles. The predicted molar refractivity (Wildman–Crippen MR) is 76.3 cm³/mol. The number of hydrogen-bond acceptors (Lipinski definition) is 5. The summed E-state index contributed by atoms with van der Waals surface area (Å²) in [5.74, 6) is 0. The lowest BCUT2D eigenvalue weighted by Crippen LogP contribution is -2.47. The molecule has 0 aliphatic carbocycles. The Labute approximate surface area is 119 Å². The first kappa shape index (κ1) is 15.4. The number of morpholine rings is 1. The Hall–Kier alpha value is -0.950. The summed E-state index contributed by atoms with van der Waals surface area (Å²) >= 11 is 0. The van der Waals surface area contributed by atoms with Crippen LogP contribution < -0.4 is 5.32 Å². The zero-order valence-electron chi connectivity index (χ0n) is 11.7. The summed E-state index contributed by atoms with van der Waals surface area (Å²) in [5, 5.41) is 13.6. The molecule has 0 saturated carbocycles. The summed E-state index contributed by atoms with van der Waals surface area (Å²) in [6.07, 6.45) is 1.08. The van der Waals surface area contributed by atoms with Gasteiger partial charge in [-0.05, 0) is 31.0 Å². The van der Waals surface area contributed by atoms with Gasteiger partial charge in [0.05, 0.1) is 24.2 Å². The van der Waals surface area contributed by atoms with Crippen molar-refractivity contribution in [2.24, 2.45) is 0 Å². The van der Waals surface area contributed by atoms with E-state index in [0.29, 0.717) is 19.6 Å². The highest BCUT2D eigenvalue weighted by atomic mass is 32.2. The standard InChI is InChI=1S/C14H21NO4S/c1-10-8-19-9-12(15-10)7-14(16)11-3-5-13(6-4-11)20(2,17)18/h3-6,10,12,14-16H,7-9H2,1-2H3. The van der Waals surface area contributed by atoms with Crippen molar-refractivity contribution in [2.75, 3.05) is 19.5 Å². The van der Waals surface area contributed by atoms with E-state index >= 15 is 0 Å². The third kappa shape index (κ3) is 4.02. The van der Waals surface area contributed by atoms with Gasteiger partial charge in [-0.3, -0.25) is 0 Å². The van der Waals surface area contributed by atoms with Gasteiger partial charge >= 0.3 is 0 Å². The van der Waals surface area contributed by atoms with Crippen LogP contribution in [-0.4, -0.2) is 45.1 Å². The normalized spacial score (nSPS) is 25.4. The molecule has 1 aliphatic heterocycles. The second kappa shape index (κ2) is 6.22. The van der Waals surface area contributed by atoms with Crippen LogP contribution in [0.25, 0.3) is 0 Å². The van der Waals surface area contributed by atoms with E-state index in [1.54, 1.807) is 12.1 Å². The molecule has 1 aliphatic rings. The molecule has 0 bridgehead atoms. The highest BCUT2D eigenvalue weighted by Gasteiger charge is 2.22. The molecule has 5 nitrogen and oxygen atoms in total. The average molecular weight is 299 g/mol. The van der Waals surface area contributed by atoms with Gasteiger partial charge in [0.2, 0.25) is 0 Å². The number of hydrogen-bond donors (Lipinski definition) is 2. The van der Waals surface area contributed by atoms with Gasteiger partial charge in [0.15, 0.2) is 9.84 Å². The molecule has 1 fully saturated rings. The van der Waals surface area contributed by atoms with Crippen molar-refractivity contribution in [1.82, 2.24) is 5.32 Å². The minimum Gasteiger partial charge on any atom is -0.388 e. The maximum atomic E-state index is 11.4. The fourth-order valence-electron chi connectivity index (χ4n) is 2.36. The fraction of sp³-hybridized carbons (Fsp3) is 0.571. The zero-order chi connectivity index (χ0) is 14.8. The highest BCUT2D eigenvalue weighted by Crippen LogP contribution is 2.21. The van der Waals surface area contributed by atoms with Crippen molar-refractivity contribution in [2.45, 2.75) is 36.4 Å². The summed E-state index contributed by atoms with van der Waals surface area (Å²) in [4.78, 5) is 0.265. The molecule has 3 unspecified atom stereocenters. The van der Waals surface area contributed by atoms with Gasteiger partial charge < -0.3 is 15.2 Å². The molecular weight excluding hydrogens is 278 g/mol. The first-order chi connectivity index (χ1) is 9.36. The lowest BCUT2D eigenvalue weighted by atomic mass is 10.0. The van der Waals surface area contributed by atoms with Crippen LogP contribution in [0.1, 0.15) is 25.0 Å². The Balaban J connectivity index is 2.00. The van der Waals surface area contributed by atoms with Crippen molar-refractivity contribution in [1.29, 1.82) is 0 Å². The van der Waals surface area contributed by atoms with E-state index in [0.717, 1.165) is 5.56 Å². The SMILES string of the molecule is CC1COCC(CC(O)c2ccc(S(C)(=O)=O)cc2)N1. The van der Waals surface area contributed by atoms with Crippen LogP contribution in [0.3, 0.4) is 0 Å². The van der Waals surface area contributed by atoms with E-state index in [1.165, 1.54) is 18.4 Å². The third-order valence-electron chi connectivity index (χ3n) is 3.41. The minimum atomic E-state index is -3.19. The van der Waals surface area contributed by atoms with Crippen molar-refractivity contribution < 1.29 is 18.3 Å². The van der Waals surface area contributed by atoms with Gasteiger partial charge in [-0.2, -0.15) is 0 Å². The van der Waals surface area contributed by atoms with Crippen molar-refractivity contribution in [3.63, 3.8) is 0 Å². The number of nitrogens with one attached hydrogen (secondary N) is 1. The minimum absolute atomic E-state index is 0.114. The summed E-state index contributed by atoms with van der Waals surface area (Å²) in [7, 11) is -3.19. The first-order valence-electron chi connectivity index (χ1n) is 6.68. The van der Waals surface area contributed by atoms with E-state index in [4.69, 9.17) is 4.74 Å². The van der Waals surface area contributed by atoms with Crippen LogP contribution in [0.4, 0.5) is 0 Å². The molecule has 1 saturated heterocycles. The van der Waals surface area contributed by atoms with Crippen LogP contribution in [-0.2, 0) is 14.6 Å². The molecule has 3 atom stereocenters. The molecule has 112 valence electrons. The Morgan fingerprint density at radius 2 is 2.00 bits per heavy atom. The van der Waals surface area contributed by atoms with Crippen LogP contribution in [0.2, 0.25) is 0 Å². The lowest BCUT2D eigenvalue weighted by molar-refractivity contribution is 0.0304. The summed E-state index contributed by atoms with van der Waals surface area (Å²) in [6.45, 7) is 3.32. The maximum absolute atomic E-state index is 11.4. The molecule has 1 heterocycles. The summed E-state index contributed by atoms with van der Waals surface area (Å²) in [6, 6.07) is 6.78. The quantitative estimate of drug-likeness (QED) is 0.863. The van der Waals surface area contributed by atoms with Crippen LogP contribution in [0.5, 0.6) is 0 Å². The van der Waals surface area contributed by atoms with Gasteiger partial charge in [0.1, 0.15) is 0 Å². The smallest absolute Gasteiger partial charge is 0.175 e. The van der Waals surface area contributed by atoms with Gasteiger partial charge in [-0.25, -0.2) is 8.42 Å². The monoisotopic (exact) mass is 299 g/mol. The number of ether oxygens (including phenoxy) is 1. The van der Waals surface area contributed by atoms with E-state index in [9.17, 15) is 13.5 Å². The first-order valence-corrected chi connectivity index (χ1v) is 8.57. The predicted octanol–water partition coefficient (Wildman–Crippen LogP) is 0.891. The molecule has 0 spiro atoms. The zero-order valence-corrected chi connectivity index (χ0v) is 12.6. The van der Waals surface area contributed by atoms with Crippen LogP contribution in [0.15, 0.2) is 29.2 Å². The van der Waals surface area contributed by atoms with Gasteiger partial charge in [0, 0.05) is 18.3 Å². The molecule has 0 amide bonds. The number of benzene rings is 1. The number of sulfone groups is 1. The van der Waals surface area contributed by atoms with Gasteiger partial charge in [-0.1, -0.05) is 12.1 Å². The lowest BCUT2D eigenvalue weighted by Gasteiger charge is -2.30. The molecule has 1 aromatic rings. The Kier molecular flexibility index (Phi) is 4.80. The van der Waals surface area contributed by atoms with Crippen LogP contribution >= 0.6 is 0 Å². The molecule has 1 aromatic carbocycles. The maximum Gasteiger partial charge on any atom is 0.175 e. The van der Waals surface area contributed by atoms with Crippen molar-refractivity contribution in [3.05, 3.63) is 29.8 Å². The van der Waals surface area contributed by atoms with E-state index < -0.39 is 15.9 Å². The van der Waals surface area contributed by atoms with Gasteiger partial charge in [0.25, 0.3) is 0 Å². The van der Waals surface area contributed by atoms with Gasteiger partial charge in [-0.15, -0.1) is 0 Å². The largest absolute Gasteiger partial charge is 0.388 e. The fourth-order valence-corrected chi connectivity index (χ4v) is 2.99. The summed E-state index contributed by atoms with van der Waals surface area (Å²) < 4.78 is 28.2. The Morgan fingerprint density at radius 1 is 1.35 bits per heavy atom. The molecule has 2 N–H and O–H groups in total. The van der Waals surface area contributed by atoms with Crippen LogP contribution in [0, 0.1) is 0 Å². The highest BCUT2D eigenvalue weighted by molar-refractivity contribution is 7.90. The summed E-state index contributed by atoms with van der Waals surface area (Å²) in [5.41, 5.74) is 0.720. The molecule has 2 rings (SSSR count). The topological polar surface area (TPSA) is 75.6 Å². The number of rotatable bonds is 4.